The second-order valence-electron chi connectivity index (χ2n) is 18.2. The van der Waals surface area contributed by atoms with Gasteiger partial charge in [-0.1, -0.05) is 217 Å². The maximum atomic E-state index is 12.4. The molecule has 0 aromatic heterocycles. The van der Waals surface area contributed by atoms with Crippen molar-refractivity contribution in [3.05, 3.63) is 36.5 Å². The highest BCUT2D eigenvalue weighted by Crippen LogP contribution is 2.15. The van der Waals surface area contributed by atoms with E-state index in [1.165, 1.54) is 180 Å². The fraction of sp³-hybridized carbons (Fsp3) is 0.855. The van der Waals surface area contributed by atoms with Crippen molar-refractivity contribution in [1.82, 2.24) is 5.32 Å². The summed E-state index contributed by atoms with van der Waals surface area (Å²) in [7, 11) is 0. The van der Waals surface area contributed by atoms with E-state index in [2.05, 4.69) is 43.5 Å². The lowest BCUT2D eigenvalue weighted by Crippen LogP contribution is -2.45. The first kappa shape index (κ1) is 59.1. The van der Waals surface area contributed by atoms with Gasteiger partial charge in [-0.15, -0.1) is 0 Å². The molecule has 0 radical (unpaired) electrons. The number of amides is 1. The molecule has 0 saturated heterocycles. The van der Waals surface area contributed by atoms with Crippen molar-refractivity contribution in [2.45, 2.75) is 289 Å². The molecule has 6 nitrogen and oxygen atoms in total. The molecule has 0 spiro atoms. The minimum Gasteiger partial charge on any atom is -0.466 e. The SMILES string of the molecule is CCCCCC/C=C\CCCCCCCC(=O)OCCCCCCCC/C=C\CCCCCC(=O)NC(CO)C(O)/C=C/CCCCCCCCCCCCCCCCCC. The van der Waals surface area contributed by atoms with E-state index in [1.54, 1.807) is 6.08 Å². The van der Waals surface area contributed by atoms with E-state index in [0.29, 0.717) is 19.4 Å². The summed E-state index contributed by atoms with van der Waals surface area (Å²) in [5.41, 5.74) is 0. The zero-order chi connectivity index (χ0) is 44.4. The van der Waals surface area contributed by atoms with Crippen molar-refractivity contribution in [3.63, 3.8) is 0 Å². The van der Waals surface area contributed by atoms with Crippen LogP contribution in [0.25, 0.3) is 0 Å². The summed E-state index contributed by atoms with van der Waals surface area (Å²) in [6.45, 7) is 4.84. The third kappa shape index (κ3) is 47.4. The normalized spacial score (nSPS) is 12.9. The Balaban J connectivity index is 3.55. The van der Waals surface area contributed by atoms with E-state index < -0.39 is 12.1 Å². The molecule has 61 heavy (non-hydrogen) atoms. The Hall–Kier alpha value is -1.92. The van der Waals surface area contributed by atoms with Gasteiger partial charge in [-0.2, -0.15) is 0 Å². The summed E-state index contributed by atoms with van der Waals surface area (Å²) < 4.78 is 5.44. The number of ether oxygens (including phenoxy) is 1. The van der Waals surface area contributed by atoms with Crippen molar-refractivity contribution < 1.29 is 24.5 Å². The van der Waals surface area contributed by atoms with Gasteiger partial charge in [0.2, 0.25) is 5.91 Å². The third-order valence-electron chi connectivity index (χ3n) is 12.1. The molecule has 3 N–H and O–H groups in total. The molecule has 0 aliphatic heterocycles. The Labute approximate surface area is 379 Å². The highest BCUT2D eigenvalue weighted by molar-refractivity contribution is 5.76. The van der Waals surface area contributed by atoms with Crippen LogP contribution in [-0.4, -0.2) is 47.4 Å². The van der Waals surface area contributed by atoms with Crippen LogP contribution in [0.3, 0.4) is 0 Å². The fourth-order valence-electron chi connectivity index (χ4n) is 7.97. The number of unbranched alkanes of at least 4 members (excludes halogenated alkanes) is 34. The topological polar surface area (TPSA) is 95.9 Å². The van der Waals surface area contributed by atoms with Gasteiger partial charge < -0.3 is 20.3 Å². The maximum Gasteiger partial charge on any atom is 0.305 e. The van der Waals surface area contributed by atoms with Crippen LogP contribution in [0.4, 0.5) is 0 Å². The average molecular weight is 858 g/mol. The van der Waals surface area contributed by atoms with Crippen LogP contribution in [0.5, 0.6) is 0 Å². The van der Waals surface area contributed by atoms with Crippen LogP contribution in [0.1, 0.15) is 277 Å². The van der Waals surface area contributed by atoms with Crippen LogP contribution in [0.2, 0.25) is 0 Å². The van der Waals surface area contributed by atoms with Gasteiger partial charge in [-0.05, 0) is 83.5 Å². The second-order valence-corrected chi connectivity index (χ2v) is 18.2. The molecular weight excluding hydrogens is 755 g/mol. The molecule has 1 amide bonds. The molecule has 0 aliphatic carbocycles. The average Bonchev–Trinajstić information content (AvgIpc) is 3.26. The Kier molecular flexibility index (Phi) is 49.1. The minimum atomic E-state index is -0.862. The van der Waals surface area contributed by atoms with Crippen molar-refractivity contribution in [2.75, 3.05) is 13.2 Å². The first-order valence-electron chi connectivity index (χ1n) is 26.8. The molecule has 0 aromatic carbocycles. The number of esters is 1. The van der Waals surface area contributed by atoms with E-state index in [-0.39, 0.29) is 18.5 Å². The third-order valence-corrected chi connectivity index (χ3v) is 12.1. The van der Waals surface area contributed by atoms with Crippen LogP contribution in [0.15, 0.2) is 36.5 Å². The zero-order valence-corrected chi connectivity index (χ0v) is 40.6. The number of allylic oxidation sites excluding steroid dienone is 5. The van der Waals surface area contributed by atoms with E-state index >= 15 is 0 Å². The van der Waals surface area contributed by atoms with Gasteiger partial charge in [0.25, 0.3) is 0 Å². The number of hydrogen-bond acceptors (Lipinski definition) is 5. The molecule has 0 heterocycles. The number of carbonyl (C=O) groups excluding carboxylic acids is 2. The van der Waals surface area contributed by atoms with Crippen molar-refractivity contribution in [2.24, 2.45) is 0 Å². The van der Waals surface area contributed by atoms with Gasteiger partial charge in [-0.3, -0.25) is 9.59 Å². The molecule has 2 atom stereocenters. The number of rotatable bonds is 49. The van der Waals surface area contributed by atoms with Gasteiger partial charge in [-0.25, -0.2) is 0 Å². The molecule has 0 aromatic rings. The molecule has 358 valence electrons. The van der Waals surface area contributed by atoms with Crippen LogP contribution in [-0.2, 0) is 14.3 Å². The molecular formula is C55H103NO5. The lowest BCUT2D eigenvalue weighted by Gasteiger charge is -2.19. The molecule has 0 rings (SSSR count). The van der Waals surface area contributed by atoms with Crippen LogP contribution >= 0.6 is 0 Å². The lowest BCUT2D eigenvalue weighted by atomic mass is 10.0. The monoisotopic (exact) mass is 858 g/mol. The van der Waals surface area contributed by atoms with Gasteiger partial charge in [0.15, 0.2) is 0 Å². The molecule has 0 fully saturated rings. The van der Waals surface area contributed by atoms with Gasteiger partial charge in [0.05, 0.1) is 25.4 Å². The Morgan fingerprint density at radius 1 is 0.443 bits per heavy atom. The Morgan fingerprint density at radius 3 is 1.20 bits per heavy atom. The highest BCUT2D eigenvalue weighted by Gasteiger charge is 2.18. The summed E-state index contributed by atoms with van der Waals surface area (Å²) in [6.07, 6.45) is 61.5. The van der Waals surface area contributed by atoms with E-state index in [0.717, 1.165) is 70.6 Å². The lowest BCUT2D eigenvalue weighted by molar-refractivity contribution is -0.143. The summed E-state index contributed by atoms with van der Waals surface area (Å²) >= 11 is 0. The summed E-state index contributed by atoms with van der Waals surface area (Å²) in [5.74, 6) is -0.121. The minimum absolute atomic E-state index is 0.0236. The molecule has 0 saturated carbocycles. The molecule has 0 bridgehead atoms. The predicted octanol–water partition coefficient (Wildman–Crippen LogP) is 16.1. The summed E-state index contributed by atoms with van der Waals surface area (Å²) in [5, 5.41) is 23.1. The number of carbonyl (C=O) groups is 2. The van der Waals surface area contributed by atoms with E-state index in [9.17, 15) is 19.8 Å². The van der Waals surface area contributed by atoms with Gasteiger partial charge in [0.1, 0.15) is 0 Å². The highest BCUT2D eigenvalue weighted by atomic mass is 16.5. The first-order valence-corrected chi connectivity index (χ1v) is 26.8. The number of hydrogen-bond donors (Lipinski definition) is 3. The predicted molar refractivity (Wildman–Crippen MR) is 264 cm³/mol. The van der Waals surface area contributed by atoms with Crippen LogP contribution in [0, 0.1) is 0 Å². The standard InChI is InChI=1S/C55H103NO5/c1-3-5-7-9-11-13-15-17-18-19-20-21-24-27-31-35-39-43-47-53(58)52(51-57)56-54(59)48-44-40-36-32-28-25-22-26-30-34-38-42-46-50-61-55(60)49-45-41-37-33-29-23-16-14-12-10-8-6-4-2/h14,16,25,28,43,47,52-53,57-58H,3-13,15,17-24,26-27,29-42,44-46,48-51H2,1-2H3,(H,56,59)/b16-14-,28-25-,47-43+. The Morgan fingerprint density at radius 2 is 0.770 bits per heavy atom. The molecule has 0 aliphatic rings. The number of aliphatic hydroxyl groups is 2. The largest absolute Gasteiger partial charge is 0.466 e. The van der Waals surface area contributed by atoms with Crippen molar-refractivity contribution in [3.8, 4) is 0 Å². The second kappa shape index (κ2) is 50.7. The molecule has 2 unspecified atom stereocenters. The first-order chi connectivity index (χ1) is 30.0. The smallest absolute Gasteiger partial charge is 0.305 e. The zero-order valence-electron chi connectivity index (χ0n) is 40.6. The fourth-order valence-corrected chi connectivity index (χ4v) is 7.97. The van der Waals surface area contributed by atoms with E-state index in [4.69, 9.17) is 4.74 Å². The van der Waals surface area contributed by atoms with Gasteiger partial charge in [0, 0.05) is 12.8 Å². The van der Waals surface area contributed by atoms with E-state index in [1.807, 2.05) is 6.08 Å². The maximum absolute atomic E-state index is 12.4. The van der Waals surface area contributed by atoms with Crippen molar-refractivity contribution in [1.29, 1.82) is 0 Å². The number of nitrogens with one attached hydrogen (secondary N) is 1. The summed E-state index contributed by atoms with van der Waals surface area (Å²) in [4.78, 5) is 24.4. The van der Waals surface area contributed by atoms with Gasteiger partial charge >= 0.3 is 5.97 Å². The Bertz CT molecular complexity index is 993. The number of aliphatic hydroxyl groups excluding tert-OH is 2. The van der Waals surface area contributed by atoms with Crippen LogP contribution < -0.4 is 5.32 Å². The molecule has 6 heteroatoms. The van der Waals surface area contributed by atoms with Crippen molar-refractivity contribution >= 4 is 11.9 Å². The summed E-state index contributed by atoms with van der Waals surface area (Å²) in [6, 6.07) is -0.649. The quantitative estimate of drug-likeness (QED) is 0.0322.